The van der Waals surface area contributed by atoms with Crippen molar-refractivity contribution < 1.29 is 17.9 Å². The van der Waals surface area contributed by atoms with Gasteiger partial charge in [-0.3, -0.25) is 5.10 Å². The summed E-state index contributed by atoms with van der Waals surface area (Å²) in [5, 5.41) is 5.88. The third kappa shape index (κ3) is 3.98. The summed E-state index contributed by atoms with van der Waals surface area (Å²) in [6.07, 6.45) is 1.18. The molecular weight excluding hydrogens is 316 g/mol. The second-order valence-corrected chi connectivity index (χ2v) is 7.42. The van der Waals surface area contributed by atoms with Crippen LogP contribution in [0, 0.1) is 0 Å². The third-order valence-corrected chi connectivity index (χ3v) is 5.03. The molecule has 0 saturated heterocycles. The van der Waals surface area contributed by atoms with Gasteiger partial charge in [0, 0.05) is 0 Å². The van der Waals surface area contributed by atoms with Gasteiger partial charge >= 0.3 is 5.97 Å². The van der Waals surface area contributed by atoms with Crippen LogP contribution in [0.4, 0.5) is 0 Å². The van der Waals surface area contributed by atoms with E-state index >= 15 is 0 Å². The predicted octanol–water partition coefficient (Wildman–Crippen LogP) is 2.68. The molecule has 0 aliphatic rings. The Hall–Kier alpha value is -2.15. The van der Waals surface area contributed by atoms with Crippen LogP contribution in [-0.4, -0.2) is 31.2 Å². The third-order valence-electron chi connectivity index (χ3n) is 3.39. The standard InChI is InChI=1S/C16H20N2O4S/c1-4-22-16(19)14-9-17-18-15(14)23(20,21)10-12-6-5-7-13(8-12)11(2)3/h5-9,11H,4,10H2,1-3H3,(H,17,18). The van der Waals surface area contributed by atoms with Crippen molar-refractivity contribution in [1.82, 2.24) is 10.2 Å². The molecule has 1 aromatic carbocycles. The fraction of sp³-hybridized carbons (Fsp3) is 0.375. The van der Waals surface area contributed by atoms with E-state index in [4.69, 9.17) is 4.74 Å². The highest BCUT2D eigenvalue weighted by Gasteiger charge is 2.26. The van der Waals surface area contributed by atoms with Crippen molar-refractivity contribution in [2.45, 2.75) is 37.5 Å². The average molecular weight is 336 g/mol. The number of rotatable bonds is 6. The highest BCUT2D eigenvalue weighted by Crippen LogP contribution is 2.21. The summed E-state index contributed by atoms with van der Waals surface area (Å²) in [6, 6.07) is 7.41. The SMILES string of the molecule is CCOC(=O)c1cn[nH]c1S(=O)(=O)Cc1cccc(C(C)C)c1. The van der Waals surface area contributed by atoms with Crippen molar-refractivity contribution in [3.8, 4) is 0 Å². The van der Waals surface area contributed by atoms with Crippen LogP contribution in [0.3, 0.4) is 0 Å². The van der Waals surface area contributed by atoms with E-state index in [1.165, 1.54) is 6.20 Å². The Labute approximate surface area is 135 Å². The molecule has 0 aliphatic heterocycles. The topological polar surface area (TPSA) is 89.1 Å². The Balaban J connectivity index is 2.32. The molecule has 0 spiro atoms. The first-order chi connectivity index (χ1) is 10.8. The highest BCUT2D eigenvalue weighted by molar-refractivity contribution is 7.90. The lowest BCUT2D eigenvalue weighted by Crippen LogP contribution is -2.13. The van der Waals surface area contributed by atoms with Gasteiger partial charge in [-0.15, -0.1) is 0 Å². The molecule has 1 aromatic heterocycles. The van der Waals surface area contributed by atoms with Crippen molar-refractivity contribution in [3.63, 3.8) is 0 Å². The second kappa shape index (κ2) is 6.95. The Morgan fingerprint density at radius 2 is 2.09 bits per heavy atom. The number of esters is 1. The van der Waals surface area contributed by atoms with Crippen molar-refractivity contribution in [3.05, 3.63) is 47.2 Å². The zero-order valence-corrected chi connectivity index (χ0v) is 14.2. The number of nitrogens with zero attached hydrogens (tertiary/aromatic N) is 1. The number of carbonyl (C=O) groups excluding carboxylic acids is 1. The summed E-state index contributed by atoms with van der Waals surface area (Å²) in [5.41, 5.74) is 1.67. The molecule has 1 N–H and O–H groups in total. The number of sulfone groups is 1. The van der Waals surface area contributed by atoms with Gasteiger partial charge in [-0.1, -0.05) is 38.1 Å². The van der Waals surface area contributed by atoms with Crippen LogP contribution in [0.2, 0.25) is 0 Å². The Bertz CT molecular complexity index is 794. The minimum atomic E-state index is -3.73. The van der Waals surface area contributed by atoms with E-state index in [1.54, 1.807) is 13.0 Å². The van der Waals surface area contributed by atoms with Gasteiger partial charge in [0.05, 0.1) is 18.6 Å². The Morgan fingerprint density at radius 1 is 1.35 bits per heavy atom. The highest BCUT2D eigenvalue weighted by atomic mass is 32.2. The zero-order valence-electron chi connectivity index (χ0n) is 13.4. The molecule has 1 heterocycles. The fourth-order valence-electron chi connectivity index (χ4n) is 2.20. The maximum atomic E-state index is 12.6. The molecule has 2 aromatic rings. The summed E-state index contributed by atoms with van der Waals surface area (Å²) >= 11 is 0. The number of aromatic nitrogens is 2. The summed E-state index contributed by atoms with van der Waals surface area (Å²) in [7, 11) is -3.73. The van der Waals surface area contributed by atoms with E-state index in [0.29, 0.717) is 11.5 Å². The number of hydrogen-bond acceptors (Lipinski definition) is 5. The molecule has 7 heteroatoms. The maximum absolute atomic E-state index is 12.6. The predicted molar refractivity (Wildman–Crippen MR) is 86.0 cm³/mol. The van der Waals surface area contributed by atoms with E-state index in [0.717, 1.165) is 5.56 Å². The Kier molecular flexibility index (Phi) is 5.20. The van der Waals surface area contributed by atoms with Crippen molar-refractivity contribution in [1.29, 1.82) is 0 Å². The van der Waals surface area contributed by atoms with Gasteiger partial charge in [-0.2, -0.15) is 5.10 Å². The monoisotopic (exact) mass is 336 g/mol. The van der Waals surface area contributed by atoms with Crippen molar-refractivity contribution >= 4 is 15.8 Å². The van der Waals surface area contributed by atoms with Crippen LogP contribution in [0.25, 0.3) is 0 Å². The summed E-state index contributed by atoms with van der Waals surface area (Å²) < 4.78 is 30.0. The van der Waals surface area contributed by atoms with E-state index in [2.05, 4.69) is 10.2 Å². The van der Waals surface area contributed by atoms with Gasteiger partial charge in [0.25, 0.3) is 0 Å². The molecule has 23 heavy (non-hydrogen) atoms. The van der Waals surface area contributed by atoms with Crippen LogP contribution < -0.4 is 0 Å². The molecule has 0 atom stereocenters. The minimum Gasteiger partial charge on any atom is -0.462 e. The molecule has 0 unspecified atom stereocenters. The summed E-state index contributed by atoms with van der Waals surface area (Å²) in [4.78, 5) is 11.8. The minimum absolute atomic E-state index is 0.0631. The van der Waals surface area contributed by atoms with E-state index in [1.807, 2.05) is 32.0 Å². The van der Waals surface area contributed by atoms with Gasteiger partial charge in [0.15, 0.2) is 14.9 Å². The maximum Gasteiger partial charge on any atom is 0.342 e. The molecule has 0 bridgehead atoms. The summed E-state index contributed by atoms with van der Waals surface area (Å²) in [6.45, 7) is 5.91. The number of hydrogen-bond donors (Lipinski definition) is 1. The van der Waals surface area contributed by atoms with Crippen LogP contribution >= 0.6 is 0 Å². The molecular formula is C16H20N2O4S. The number of nitrogens with one attached hydrogen (secondary N) is 1. The first kappa shape index (κ1) is 17.2. The lowest BCUT2D eigenvalue weighted by molar-refractivity contribution is 0.0522. The Morgan fingerprint density at radius 3 is 2.74 bits per heavy atom. The van der Waals surface area contributed by atoms with Gasteiger partial charge in [0.1, 0.15) is 5.56 Å². The van der Waals surface area contributed by atoms with Gasteiger partial charge in [-0.05, 0) is 24.0 Å². The van der Waals surface area contributed by atoms with Gasteiger partial charge in [-0.25, -0.2) is 13.2 Å². The first-order valence-corrected chi connectivity index (χ1v) is 9.02. The molecule has 0 amide bonds. The normalized spacial score (nSPS) is 11.7. The number of benzene rings is 1. The second-order valence-electron chi connectivity index (χ2n) is 5.49. The quantitative estimate of drug-likeness (QED) is 0.819. The number of ether oxygens (including phenoxy) is 1. The molecule has 6 nitrogen and oxygen atoms in total. The molecule has 0 aliphatic carbocycles. The fourth-order valence-corrected chi connectivity index (χ4v) is 3.62. The summed E-state index contributed by atoms with van der Waals surface area (Å²) in [5.74, 6) is -0.599. The molecule has 124 valence electrons. The number of carbonyl (C=O) groups is 1. The van der Waals surface area contributed by atoms with Crippen molar-refractivity contribution in [2.75, 3.05) is 6.61 Å². The lowest BCUT2D eigenvalue weighted by Gasteiger charge is -2.09. The number of H-pyrrole nitrogens is 1. The zero-order chi connectivity index (χ0) is 17.0. The van der Waals surface area contributed by atoms with E-state index < -0.39 is 15.8 Å². The van der Waals surface area contributed by atoms with Crippen LogP contribution in [0.1, 0.15) is 48.2 Å². The van der Waals surface area contributed by atoms with Crippen molar-refractivity contribution in [2.24, 2.45) is 0 Å². The van der Waals surface area contributed by atoms with E-state index in [9.17, 15) is 13.2 Å². The lowest BCUT2D eigenvalue weighted by atomic mass is 10.0. The molecule has 0 saturated carbocycles. The van der Waals surface area contributed by atoms with Crippen LogP contribution in [0.5, 0.6) is 0 Å². The molecule has 0 radical (unpaired) electrons. The number of aromatic amines is 1. The molecule has 0 fully saturated rings. The van der Waals surface area contributed by atoms with E-state index in [-0.39, 0.29) is 22.9 Å². The van der Waals surface area contributed by atoms with Crippen LogP contribution in [-0.2, 0) is 20.3 Å². The smallest absolute Gasteiger partial charge is 0.342 e. The van der Waals surface area contributed by atoms with Gasteiger partial charge < -0.3 is 4.74 Å². The van der Waals surface area contributed by atoms with Gasteiger partial charge in [0.2, 0.25) is 0 Å². The average Bonchev–Trinajstić information content (AvgIpc) is 2.97. The van der Waals surface area contributed by atoms with Crippen LogP contribution in [0.15, 0.2) is 35.5 Å². The largest absolute Gasteiger partial charge is 0.462 e. The first-order valence-electron chi connectivity index (χ1n) is 7.37. The molecule has 2 rings (SSSR count).